The fourth-order valence-electron chi connectivity index (χ4n) is 1.09. The van der Waals surface area contributed by atoms with Crippen LogP contribution in [0.15, 0.2) is 24.3 Å². The van der Waals surface area contributed by atoms with Crippen LogP contribution in [0, 0.1) is 0 Å². The average Bonchev–Trinajstić information content (AvgIpc) is 2.26. The van der Waals surface area contributed by atoms with Gasteiger partial charge in [0.15, 0.2) is 0 Å². The molecule has 2 nitrogen and oxygen atoms in total. The number of rotatable bonds is 3. The van der Waals surface area contributed by atoms with Gasteiger partial charge in [-0.2, -0.15) is 25.8 Å². The van der Waals surface area contributed by atoms with Crippen LogP contribution in [0.25, 0.3) is 0 Å². The maximum absolute atomic E-state index is 12.3. The van der Waals surface area contributed by atoms with Crippen molar-refractivity contribution in [2.24, 2.45) is 0 Å². The molecule has 1 N–H and O–H groups in total. The number of thiol groups is 1. The molecule has 0 bridgehead atoms. The summed E-state index contributed by atoms with van der Waals surface area (Å²) in [5.41, 5.74) is -0.564. The Bertz CT molecular complexity index is 440. The number of benzene rings is 1. The van der Waals surface area contributed by atoms with E-state index in [2.05, 4.69) is 12.6 Å². The first-order valence-corrected chi connectivity index (χ1v) is 5.28. The Hall–Kier alpha value is -1.08. The molecule has 0 saturated carbocycles. The van der Waals surface area contributed by atoms with Crippen LogP contribution in [0.1, 0.15) is 11.1 Å². The summed E-state index contributed by atoms with van der Waals surface area (Å²) in [6.07, 6.45) is -4.42. The van der Waals surface area contributed by atoms with E-state index in [1.807, 2.05) is 0 Å². The molecule has 1 rings (SSSR count). The second-order valence-electron chi connectivity index (χ2n) is 3.18. The van der Waals surface area contributed by atoms with Crippen molar-refractivity contribution in [2.75, 3.05) is 0 Å². The Kier molecular flexibility index (Phi) is 4.16. The van der Waals surface area contributed by atoms with Crippen molar-refractivity contribution in [1.82, 2.24) is 0 Å². The monoisotopic (exact) mass is 280 g/mol. The number of carbonyl (C=O) groups is 1. The second kappa shape index (κ2) is 5.05. The van der Waals surface area contributed by atoms with Gasteiger partial charge in [-0.25, -0.2) is 0 Å². The average molecular weight is 280 g/mol. The lowest BCUT2D eigenvalue weighted by Crippen LogP contribution is -2.23. The van der Waals surface area contributed by atoms with Crippen LogP contribution in [-0.2, 0) is 11.0 Å². The summed E-state index contributed by atoms with van der Waals surface area (Å²) in [7, 11) is 0. The summed E-state index contributed by atoms with van der Waals surface area (Å²) in [5.74, 6) is -1.24. The van der Waals surface area contributed by atoms with Gasteiger partial charge >= 0.3 is 12.1 Å². The highest BCUT2D eigenvalue weighted by Crippen LogP contribution is 2.29. The van der Waals surface area contributed by atoms with Gasteiger partial charge in [-0.3, -0.25) is 4.79 Å². The van der Waals surface area contributed by atoms with E-state index in [4.69, 9.17) is 17.3 Å². The van der Waals surface area contributed by atoms with Crippen molar-refractivity contribution in [2.45, 2.75) is 11.4 Å². The van der Waals surface area contributed by atoms with Gasteiger partial charge in [-0.1, -0.05) is 24.4 Å². The highest BCUT2D eigenvalue weighted by atomic mass is 32.1. The SMILES string of the molecule is O=C(O)C(S)C(=S)c1ccc(C(F)(F)F)cc1. The molecule has 1 aromatic carbocycles. The highest BCUT2D eigenvalue weighted by Gasteiger charge is 2.30. The molecule has 92 valence electrons. The van der Waals surface area contributed by atoms with E-state index in [9.17, 15) is 18.0 Å². The molecule has 0 spiro atoms. The molecule has 1 atom stereocenters. The van der Waals surface area contributed by atoms with E-state index < -0.39 is 23.0 Å². The molecule has 0 heterocycles. The van der Waals surface area contributed by atoms with Gasteiger partial charge in [0.25, 0.3) is 0 Å². The highest BCUT2D eigenvalue weighted by molar-refractivity contribution is 7.87. The van der Waals surface area contributed by atoms with E-state index in [1.165, 1.54) is 0 Å². The minimum atomic E-state index is -4.42. The lowest BCUT2D eigenvalue weighted by Gasteiger charge is -2.10. The van der Waals surface area contributed by atoms with Crippen LogP contribution in [0.5, 0.6) is 0 Å². The predicted molar refractivity (Wildman–Crippen MR) is 63.6 cm³/mol. The molecule has 0 aliphatic rings. The zero-order chi connectivity index (χ0) is 13.2. The third kappa shape index (κ3) is 3.44. The summed E-state index contributed by atoms with van der Waals surface area (Å²) in [6.45, 7) is 0. The smallest absolute Gasteiger partial charge is 0.416 e. The molecular formula is C10H7F3O2S2. The van der Waals surface area contributed by atoms with Crippen molar-refractivity contribution in [3.8, 4) is 0 Å². The van der Waals surface area contributed by atoms with Crippen molar-refractivity contribution in [1.29, 1.82) is 0 Å². The van der Waals surface area contributed by atoms with E-state index in [-0.39, 0.29) is 10.4 Å². The zero-order valence-electron chi connectivity index (χ0n) is 8.23. The summed E-state index contributed by atoms with van der Waals surface area (Å²) < 4.78 is 36.8. The Morgan fingerprint density at radius 2 is 1.76 bits per heavy atom. The fourth-order valence-corrected chi connectivity index (χ4v) is 1.48. The minimum Gasteiger partial charge on any atom is -0.480 e. The number of hydrogen-bond donors (Lipinski definition) is 2. The maximum Gasteiger partial charge on any atom is 0.416 e. The first-order valence-electron chi connectivity index (χ1n) is 4.36. The number of alkyl halides is 3. The Morgan fingerprint density at radius 1 is 1.29 bits per heavy atom. The van der Waals surface area contributed by atoms with Crippen molar-refractivity contribution >= 4 is 35.7 Å². The van der Waals surface area contributed by atoms with Gasteiger partial charge < -0.3 is 5.11 Å². The van der Waals surface area contributed by atoms with Crippen LogP contribution in [0.4, 0.5) is 13.2 Å². The largest absolute Gasteiger partial charge is 0.480 e. The molecule has 17 heavy (non-hydrogen) atoms. The van der Waals surface area contributed by atoms with Crippen molar-refractivity contribution in [3.05, 3.63) is 35.4 Å². The lowest BCUT2D eigenvalue weighted by molar-refractivity contribution is -0.137. The molecular weight excluding hydrogens is 273 g/mol. The minimum absolute atomic E-state index is 0.0189. The molecule has 0 fully saturated rings. The molecule has 0 amide bonds. The van der Waals surface area contributed by atoms with Gasteiger partial charge in [0.1, 0.15) is 5.25 Å². The quantitative estimate of drug-likeness (QED) is 0.508. The molecule has 0 aliphatic carbocycles. The van der Waals surface area contributed by atoms with Gasteiger partial charge in [0, 0.05) is 4.86 Å². The number of carboxylic acid groups (broad SMARTS) is 1. The standard InChI is InChI=1S/C10H7F3O2S2/c11-10(12,13)6-3-1-5(2-4-6)7(16)8(17)9(14)15/h1-4,8,17H,(H,14,15). The first-order chi connectivity index (χ1) is 7.73. The predicted octanol–water partition coefficient (Wildman–Crippen LogP) is 2.81. The molecule has 0 radical (unpaired) electrons. The third-order valence-corrected chi connectivity index (χ3v) is 3.10. The van der Waals surface area contributed by atoms with Gasteiger partial charge in [-0.05, 0) is 17.7 Å². The van der Waals surface area contributed by atoms with E-state index in [0.717, 1.165) is 24.3 Å². The molecule has 0 saturated heterocycles. The van der Waals surface area contributed by atoms with Crippen molar-refractivity contribution < 1.29 is 23.1 Å². The van der Waals surface area contributed by atoms with Gasteiger partial charge in [0.05, 0.1) is 5.56 Å². The second-order valence-corrected chi connectivity index (χ2v) is 4.14. The van der Waals surface area contributed by atoms with Crippen LogP contribution >= 0.6 is 24.8 Å². The van der Waals surface area contributed by atoms with Crippen molar-refractivity contribution in [3.63, 3.8) is 0 Å². The molecule has 1 unspecified atom stereocenters. The zero-order valence-corrected chi connectivity index (χ0v) is 9.94. The van der Waals surface area contributed by atoms with E-state index in [0.29, 0.717) is 0 Å². The first kappa shape index (κ1) is 14.0. The Labute approximate surface area is 106 Å². The number of carboxylic acids is 1. The fraction of sp³-hybridized carbons (Fsp3) is 0.200. The number of hydrogen-bond acceptors (Lipinski definition) is 3. The topological polar surface area (TPSA) is 37.3 Å². The Balaban J connectivity index is 2.96. The van der Waals surface area contributed by atoms with E-state index in [1.54, 1.807) is 0 Å². The van der Waals surface area contributed by atoms with Crippen LogP contribution in [0.2, 0.25) is 0 Å². The molecule has 0 aliphatic heterocycles. The van der Waals surface area contributed by atoms with Crippen LogP contribution in [-0.4, -0.2) is 21.2 Å². The lowest BCUT2D eigenvalue weighted by atomic mass is 10.1. The summed E-state index contributed by atoms with van der Waals surface area (Å²) >= 11 is 8.57. The number of halogens is 3. The Morgan fingerprint density at radius 3 is 2.12 bits per heavy atom. The summed E-state index contributed by atoms with van der Waals surface area (Å²) in [6, 6.07) is 3.97. The van der Waals surface area contributed by atoms with Gasteiger partial charge in [0.2, 0.25) is 0 Å². The molecule has 7 heteroatoms. The van der Waals surface area contributed by atoms with Crippen LogP contribution < -0.4 is 0 Å². The normalized spacial score (nSPS) is 13.2. The molecule has 1 aromatic rings. The summed E-state index contributed by atoms with van der Waals surface area (Å²) in [5, 5.41) is 7.45. The number of thiocarbonyl (C=S) groups is 1. The maximum atomic E-state index is 12.3. The van der Waals surface area contributed by atoms with Crippen LogP contribution in [0.3, 0.4) is 0 Å². The number of aliphatic carboxylic acids is 1. The van der Waals surface area contributed by atoms with E-state index >= 15 is 0 Å². The summed E-state index contributed by atoms with van der Waals surface area (Å²) in [4.78, 5) is 10.6. The molecule has 0 aromatic heterocycles. The van der Waals surface area contributed by atoms with Gasteiger partial charge in [-0.15, -0.1) is 0 Å². The third-order valence-electron chi connectivity index (χ3n) is 1.98.